The van der Waals surface area contributed by atoms with Crippen LogP contribution in [0.25, 0.3) is 11.2 Å². The number of anilines is 4. The first-order valence-corrected chi connectivity index (χ1v) is 24.1. The Bertz CT molecular complexity index is 2890. The van der Waals surface area contributed by atoms with E-state index in [0.29, 0.717) is 36.0 Å². The molecule has 8 heterocycles. The van der Waals surface area contributed by atoms with Gasteiger partial charge < -0.3 is 29.9 Å². The first kappa shape index (κ1) is 44.2. The minimum absolute atomic E-state index is 0.0607. The van der Waals surface area contributed by atoms with Crippen LogP contribution in [0.2, 0.25) is 0 Å². The Kier molecular flexibility index (Phi) is 11.5. The van der Waals surface area contributed by atoms with E-state index in [1.165, 1.54) is 5.69 Å². The van der Waals surface area contributed by atoms with Crippen LogP contribution in [0.15, 0.2) is 67.3 Å². The molecule has 19 heteroatoms. The van der Waals surface area contributed by atoms with Crippen molar-refractivity contribution >= 4 is 69.5 Å². The zero-order valence-corrected chi connectivity index (χ0v) is 38.8. The molecule has 69 heavy (non-hydrogen) atoms. The van der Waals surface area contributed by atoms with Gasteiger partial charge in [0, 0.05) is 100 Å². The quantitative estimate of drug-likeness (QED) is 0.162. The number of nitrogens with one attached hydrogen (secondary N) is 3. The molecule has 3 aromatic heterocycles. The minimum atomic E-state index is -1.01. The van der Waals surface area contributed by atoms with Gasteiger partial charge in [-0.1, -0.05) is 6.07 Å². The molecule has 19 nitrogen and oxygen atoms in total. The molecule has 0 radical (unpaired) electrons. The van der Waals surface area contributed by atoms with Crippen LogP contribution in [-0.4, -0.2) is 146 Å². The summed E-state index contributed by atoms with van der Waals surface area (Å²) in [5.74, 6) is -1.02. The van der Waals surface area contributed by atoms with Crippen molar-refractivity contribution in [3.05, 3.63) is 95.3 Å². The second-order valence-electron chi connectivity index (χ2n) is 19.5. The third-order valence-corrected chi connectivity index (χ3v) is 15.0. The number of hydrogen-bond acceptors (Lipinski definition) is 14. The molecule has 0 unspecified atom stereocenters. The molecular formula is C50H55N13O6. The summed E-state index contributed by atoms with van der Waals surface area (Å²) in [5, 5.41) is 8.85. The number of piperazine rings is 1. The van der Waals surface area contributed by atoms with E-state index < -0.39 is 29.7 Å². The molecule has 6 amide bonds. The van der Waals surface area contributed by atoms with Crippen molar-refractivity contribution in [2.24, 2.45) is 11.8 Å². The summed E-state index contributed by atoms with van der Waals surface area (Å²) in [4.78, 5) is 105. The number of aryl methyl sites for hydroxylation is 2. The van der Waals surface area contributed by atoms with E-state index in [1.807, 2.05) is 35.2 Å². The summed E-state index contributed by atoms with van der Waals surface area (Å²) >= 11 is 0. The van der Waals surface area contributed by atoms with E-state index in [9.17, 15) is 28.8 Å². The van der Waals surface area contributed by atoms with Crippen LogP contribution in [-0.2, 0) is 14.4 Å². The van der Waals surface area contributed by atoms with E-state index in [1.54, 1.807) is 30.6 Å². The third kappa shape index (κ3) is 8.52. The van der Waals surface area contributed by atoms with Crippen LogP contribution in [0, 0.1) is 25.7 Å². The number of hydrogen-bond donors (Lipinski definition) is 3. The average molecular weight is 934 g/mol. The van der Waals surface area contributed by atoms with Crippen molar-refractivity contribution in [2.45, 2.75) is 70.5 Å². The number of fused-ring (bicyclic) bond motifs is 2. The zero-order valence-electron chi connectivity index (χ0n) is 38.8. The molecule has 2 aromatic carbocycles. The molecule has 356 valence electrons. The largest absolute Gasteiger partial charge is 0.370 e. The molecule has 11 rings (SSSR count). The number of amides is 6. The summed E-state index contributed by atoms with van der Waals surface area (Å²) in [5.41, 5.74) is 7.21. The smallest absolute Gasteiger partial charge is 0.270 e. The fourth-order valence-corrected chi connectivity index (χ4v) is 10.8. The third-order valence-electron chi connectivity index (χ3n) is 15.0. The fraction of sp³-hybridized carbons (Fsp3) is 0.440. The number of carbonyl (C=O) groups excluding carboxylic acids is 6. The Morgan fingerprint density at radius 3 is 2.30 bits per heavy atom. The van der Waals surface area contributed by atoms with E-state index in [2.05, 4.69) is 70.4 Å². The maximum atomic E-state index is 13.6. The number of nitrogens with zero attached hydrogens (tertiary/aromatic N) is 10. The Hall–Kier alpha value is -7.28. The van der Waals surface area contributed by atoms with Gasteiger partial charge in [0.25, 0.3) is 17.7 Å². The van der Waals surface area contributed by atoms with Gasteiger partial charge in [-0.05, 0) is 106 Å². The maximum Gasteiger partial charge on any atom is 0.270 e. The van der Waals surface area contributed by atoms with Gasteiger partial charge in [-0.2, -0.15) is 0 Å². The summed E-state index contributed by atoms with van der Waals surface area (Å²) in [7, 11) is 0. The molecule has 4 saturated heterocycles. The number of benzene rings is 2. The van der Waals surface area contributed by atoms with Crippen molar-refractivity contribution in [2.75, 3.05) is 74.0 Å². The predicted octanol–water partition coefficient (Wildman–Crippen LogP) is 3.61. The van der Waals surface area contributed by atoms with Gasteiger partial charge in [0.2, 0.25) is 17.7 Å². The molecule has 5 fully saturated rings. The lowest BCUT2D eigenvalue weighted by atomic mass is 9.86. The number of pyridine rings is 1. The number of aromatic nitrogens is 5. The molecule has 5 aromatic rings. The van der Waals surface area contributed by atoms with Gasteiger partial charge in [0.1, 0.15) is 18.1 Å². The summed E-state index contributed by atoms with van der Waals surface area (Å²) in [6, 6.07) is 16.3. The number of rotatable bonds is 11. The summed E-state index contributed by atoms with van der Waals surface area (Å²) in [6.45, 7) is 11.4. The van der Waals surface area contributed by atoms with Crippen LogP contribution >= 0.6 is 0 Å². The molecule has 1 saturated carbocycles. The van der Waals surface area contributed by atoms with Gasteiger partial charge in [-0.3, -0.25) is 43.9 Å². The Labute approximate surface area is 398 Å². The lowest BCUT2D eigenvalue weighted by Gasteiger charge is -2.44. The van der Waals surface area contributed by atoms with E-state index >= 15 is 0 Å². The van der Waals surface area contributed by atoms with Crippen molar-refractivity contribution in [3.63, 3.8) is 0 Å². The topological polar surface area (TPSA) is 211 Å². The number of imidazole rings is 1. The van der Waals surface area contributed by atoms with Crippen LogP contribution in [0.4, 0.5) is 22.9 Å². The minimum Gasteiger partial charge on any atom is -0.370 e. The number of piperidine rings is 2. The Morgan fingerprint density at radius 1 is 0.797 bits per heavy atom. The molecule has 0 spiro atoms. The van der Waals surface area contributed by atoms with Crippen LogP contribution < -0.4 is 25.8 Å². The number of likely N-dealkylation sites (tertiary alicyclic amines) is 1. The van der Waals surface area contributed by atoms with Crippen LogP contribution in [0.1, 0.15) is 87.0 Å². The highest BCUT2D eigenvalue weighted by molar-refractivity contribution is 6.23. The molecule has 1 atom stereocenters. The summed E-state index contributed by atoms with van der Waals surface area (Å²) < 4.78 is 2.08. The van der Waals surface area contributed by atoms with Gasteiger partial charge >= 0.3 is 0 Å². The van der Waals surface area contributed by atoms with Crippen molar-refractivity contribution in [1.82, 2.24) is 49.8 Å². The second-order valence-corrected chi connectivity index (χ2v) is 19.5. The summed E-state index contributed by atoms with van der Waals surface area (Å²) in [6.07, 6.45) is 7.09. The Balaban J connectivity index is 0.615. The van der Waals surface area contributed by atoms with Gasteiger partial charge in [-0.25, -0.2) is 19.9 Å². The standard InChI is InChI=1S/C50H55N13O6/c1-29-20-34(7-9-39(29)56-44-43-45(52-27-51-44)62(28-53-43)36-21-33(22-36)55-46(65)40-5-3-4-30(2)54-40)59-18-16-58(17-19-59)24-31-12-14-60(15-13-31)48(67)32-25-61(26-32)35-6-8-37-38(23-35)50(69)63(49(37)68)41-10-11-42(64)57-47(41)66/h3-9,20,23,27-28,31-33,36,41H,10-19,21-22,24-26H2,1-2H3,(H,55,65)(H,51,52,56)(H,57,64,66)/t33?,36?,41-/m0/s1. The number of carbonyl (C=O) groups is 6. The van der Waals surface area contributed by atoms with Gasteiger partial charge in [0.05, 0.1) is 23.4 Å². The maximum absolute atomic E-state index is 13.6. The van der Waals surface area contributed by atoms with Crippen molar-refractivity contribution in [3.8, 4) is 0 Å². The molecule has 0 bridgehead atoms. The highest BCUT2D eigenvalue weighted by Crippen LogP contribution is 2.37. The lowest BCUT2D eigenvalue weighted by Crippen LogP contribution is -2.56. The van der Waals surface area contributed by atoms with Gasteiger partial charge in [0.15, 0.2) is 17.0 Å². The lowest BCUT2D eigenvalue weighted by molar-refractivity contribution is -0.138. The first-order valence-electron chi connectivity index (χ1n) is 24.1. The second kappa shape index (κ2) is 18.0. The van der Waals surface area contributed by atoms with Gasteiger partial charge in [-0.15, -0.1) is 0 Å². The molecule has 5 aliphatic heterocycles. The highest BCUT2D eigenvalue weighted by Gasteiger charge is 2.45. The van der Waals surface area contributed by atoms with E-state index in [-0.39, 0.29) is 53.8 Å². The SMILES string of the molecule is Cc1cccc(C(=O)NC2CC(n3cnc4c(Nc5ccc(N6CCN(CC7CCN(C(=O)C8CN(c9ccc%10c(c9)C(=O)N([C@H]9CCC(=O)NC9=O)C%10=O)C8)CC7)CC6)cc5C)ncnc43)C2)n1. The molecule has 1 aliphatic carbocycles. The Morgan fingerprint density at radius 2 is 1.55 bits per heavy atom. The van der Waals surface area contributed by atoms with E-state index in [0.717, 1.165) is 105 Å². The zero-order chi connectivity index (χ0) is 47.5. The predicted molar refractivity (Wildman–Crippen MR) is 255 cm³/mol. The molecular weight excluding hydrogens is 879 g/mol. The monoisotopic (exact) mass is 933 g/mol. The fourth-order valence-electron chi connectivity index (χ4n) is 10.8. The van der Waals surface area contributed by atoms with E-state index in [4.69, 9.17) is 4.98 Å². The average Bonchev–Trinajstić information content (AvgIpc) is 3.85. The van der Waals surface area contributed by atoms with Crippen molar-refractivity contribution in [1.29, 1.82) is 0 Å². The highest BCUT2D eigenvalue weighted by atomic mass is 16.2. The first-order chi connectivity index (χ1) is 33.4. The number of imide groups is 2. The van der Waals surface area contributed by atoms with Crippen LogP contribution in [0.5, 0.6) is 0 Å². The van der Waals surface area contributed by atoms with Crippen molar-refractivity contribution < 1.29 is 28.8 Å². The molecule has 3 N–H and O–H groups in total. The molecule has 6 aliphatic rings. The van der Waals surface area contributed by atoms with Crippen LogP contribution in [0.3, 0.4) is 0 Å². The normalized spacial score (nSPS) is 22.4.